The molecule has 0 bridgehead atoms. The van der Waals surface area contributed by atoms with Crippen LogP contribution in [0.15, 0.2) is 24.3 Å². The summed E-state index contributed by atoms with van der Waals surface area (Å²) in [6.45, 7) is 3.32. The van der Waals surface area contributed by atoms with Crippen LogP contribution < -0.4 is 10.1 Å². The average molecular weight is 247 g/mol. The van der Waals surface area contributed by atoms with Crippen LogP contribution in [0, 0.1) is 5.92 Å². The van der Waals surface area contributed by atoms with Gasteiger partial charge in [-0.15, -0.1) is 0 Å². The van der Waals surface area contributed by atoms with Crippen LogP contribution >= 0.6 is 0 Å². The summed E-state index contributed by atoms with van der Waals surface area (Å²) >= 11 is 0. The molecular formula is C16H25NO. The van der Waals surface area contributed by atoms with Gasteiger partial charge in [0.25, 0.3) is 0 Å². The van der Waals surface area contributed by atoms with Crippen molar-refractivity contribution in [3.8, 4) is 5.75 Å². The average Bonchev–Trinajstić information content (AvgIpc) is 2.93. The second-order valence-electron chi connectivity index (χ2n) is 5.25. The van der Waals surface area contributed by atoms with E-state index in [1.165, 1.54) is 37.7 Å². The molecule has 1 fully saturated rings. The Labute approximate surface area is 111 Å². The zero-order valence-electron chi connectivity index (χ0n) is 11.6. The van der Waals surface area contributed by atoms with Crippen molar-refractivity contribution in [1.29, 1.82) is 0 Å². The fourth-order valence-electron chi connectivity index (χ4n) is 2.98. The highest BCUT2D eigenvalue weighted by molar-refractivity contribution is 5.31. The zero-order chi connectivity index (χ0) is 12.8. The molecule has 1 saturated carbocycles. The maximum absolute atomic E-state index is 5.34. The van der Waals surface area contributed by atoms with Gasteiger partial charge in [0.2, 0.25) is 0 Å². The van der Waals surface area contributed by atoms with E-state index in [1.54, 1.807) is 7.11 Å². The standard InChI is InChI=1S/C16H25NO/c1-3-11-17-16(13-7-4-5-8-13)14-9-6-10-15(12-14)18-2/h6,9-10,12-13,16-17H,3-5,7-8,11H2,1-2H3. The summed E-state index contributed by atoms with van der Waals surface area (Å²) in [5.74, 6) is 1.76. The second kappa shape index (κ2) is 6.79. The summed E-state index contributed by atoms with van der Waals surface area (Å²) in [7, 11) is 1.74. The summed E-state index contributed by atoms with van der Waals surface area (Å²) < 4.78 is 5.34. The molecule has 1 aromatic rings. The molecule has 1 N–H and O–H groups in total. The van der Waals surface area contributed by atoms with E-state index >= 15 is 0 Å². The van der Waals surface area contributed by atoms with E-state index in [2.05, 4.69) is 30.4 Å². The lowest BCUT2D eigenvalue weighted by atomic mass is 9.91. The van der Waals surface area contributed by atoms with Crippen molar-refractivity contribution in [3.63, 3.8) is 0 Å². The molecule has 0 spiro atoms. The summed E-state index contributed by atoms with van der Waals surface area (Å²) in [5.41, 5.74) is 1.38. The van der Waals surface area contributed by atoms with E-state index in [0.717, 1.165) is 18.2 Å². The van der Waals surface area contributed by atoms with Gasteiger partial charge < -0.3 is 10.1 Å². The van der Waals surface area contributed by atoms with Crippen molar-refractivity contribution < 1.29 is 4.74 Å². The molecule has 0 saturated heterocycles. The Morgan fingerprint density at radius 3 is 2.78 bits per heavy atom. The summed E-state index contributed by atoms with van der Waals surface area (Å²) in [6, 6.07) is 9.04. The van der Waals surface area contributed by atoms with E-state index in [0.29, 0.717) is 6.04 Å². The van der Waals surface area contributed by atoms with E-state index in [4.69, 9.17) is 4.74 Å². The predicted octanol–water partition coefficient (Wildman–Crippen LogP) is 3.93. The molecule has 100 valence electrons. The van der Waals surface area contributed by atoms with Crippen LogP contribution in [0.2, 0.25) is 0 Å². The van der Waals surface area contributed by atoms with Gasteiger partial charge in [-0.05, 0) is 49.4 Å². The van der Waals surface area contributed by atoms with Gasteiger partial charge in [-0.2, -0.15) is 0 Å². The fraction of sp³-hybridized carbons (Fsp3) is 0.625. The molecule has 18 heavy (non-hydrogen) atoms. The lowest BCUT2D eigenvalue weighted by Gasteiger charge is -2.25. The van der Waals surface area contributed by atoms with Gasteiger partial charge in [0, 0.05) is 6.04 Å². The lowest BCUT2D eigenvalue weighted by molar-refractivity contribution is 0.365. The van der Waals surface area contributed by atoms with Gasteiger partial charge in [-0.25, -0.2) is 0 Å². The highest BCUT2D eigenvalue weighted by atomic mass is 16.5. The van der Waals surface area contributed by atoms with Crippen LogP contribution in [-0.2, 0) is 0 Å². The largest absolute Gasteiger partial charge is 0.497 e. The summed E-state index contributed by atoms with van der Waals surface area (Å²) in [4.78, 5) is 0. The first-order chi connectivity index (χ1) is 8.85. The Balaban J connectivity index is 2.14. The molecule has 1 atom stereocenters. The number of hydrogen-bond donors (Lipinski definition) is 1. The SMILES string of the molecule is CCCNC(c1cccc(OC)c1)C1CCCC1. The minimum absolute atomic E-state index is 0.502. The number of hydrogen-bond acceptors (Lipinski definition) is 2. The van der Waals surface area contributed by atoms with Crippen molar-refractivity contribution in [1.82, 2.24) is 5.32 Å². The molecule has 1 unspecified atom stereocenters. The smallest absolute Gasteiger partial charge is 0.119 e. The van der Waals surface area contributed by atoms with E-state index in [-0.39, 0.29) is 0 Å². The number of rotatable bonds is 6. The first-order valence-electron chi connectivity index (χ1n) is 7.22. The van der Waals surface area contributed by atoms with Crippen LogP contribution in [0.5, 0.6) is 5.75 Å². The molecule has 1 aromatic carbocycles. The van der Waals surface area contributed by atoms with E-state index in [9.17, 15) is 0 Å². The van der Waals surface area contributed by atoms with Gasteiger partial charge in [-0.3, -0.25) is 0 Å². The van der Waals surface area contributed by atoms with Gasteiger partial charge in [0.15, 0.2) is 0 Å². The summed E-state index contributed by atoms with van der Waals surface area (Å²) in [6.07, 6.45) is 6.68. The maximum Gasteiger partial charge on any atom is 0.119 e. The van der Waals surface area contributed by atoms with Gasteiger partial charge in [0.1, 0.15) is 5.75 Å². The second-order valence-corrected chi connectivity index (χ2v) is 5.25. The quantitative estimate of drug-likeness (QED) is 0.822. The Morgan fingerprint density at radius 1 is 1.33 bits per heavy atom. The van der Waals surface area contributed by atoms with E-state index in [1.807, 2.05) is 6.07 Å². The monoisotopic (exact) mass is 247 g/mol. The van der Waals surface area contributed by atoms with Crippen molar-refractivity contribution in [2.24, 2.45) is 5.92 Å². The van der Waals surface area contributed by atoms with Gasteiger partial charge >= 0.3 is 0 Å². The normalized spacial score (nSPS) is 17.9. The number of methoxy groups -OCH3 is 1. The highest BCUT2D eigenvalue weighted by Gasteiger charge is 2.25. The van der Waals surface area contributed by atoms with Crippen LogP contribution in [0.25, 0.3) is 0 Å². The van der Waals surface area contributed by atoms with Gasteiger partial charge in [-0.1, -0.05) is 31.9 Å². The molecular weight excluding hydrogens is 222 g/mol. The van der Waals surface area contributed by atoms with Crippen LogP contribution in [0.3, 0.4) is 0 Å². The van der Waals surface area contributed by atoms with Crippen LogP contribution in [0.4, 0.5) is 0 Å². The third kappa shape index (κ3) is 3.26. The van der Waals surface area contributed by atoms with Crippen LogP contribution in [-0.4, -0.2) is 13.7 Å². The Morgan fingerprint density at radius 2 is 2.11 bits per heavy atom. The molecule has 2 rings (SSSR count). The first-order valence-corrected chi connectivity index (χ1v) is 7.22. The highest BCUT2D eigenvalue weighted by Crippen LogP contribution is 2.36. The van der Waals surface area contributed by atoms with Crippen molar-refractivity contribution >= 4 is 0 Å². The molecule has 0 aliphatic heterocycles. The fourth-order valence-corrected chi connectivity index (χ4v) is 2.98. The minimum atomic E-state index is 0.502. The van der Waals surface area contributed by atoms with Crippen molar-refractivity contribution in [2.75, 3.05) is 13.7 Å². The molecule has 2 heteroatoms. The molecule has 0 amide bonds. The molecule has 1 aliphatic rings. The third-order valence-electron chi connectivity index (χ3n) is 3.94. The van der Waals surface area contributed by atoms with Gasteiger partial charge in [0.05, 0.1) is 7.11 Å². The Bertz CT molecular complexity index is 358. The molecule has 2 nitrogen and oxygen atoms in total. The topological polar surface area (TPSA) is 21.3 Å². The summed E-state index contributed by atoms with van der Waals surface area (Å²) in [5, 5.41) is 3.72. The number of nitrogens with one attached hydrogen (secondary N) is 1. The number of ether oxygens (including phenoxy) is 1. The van der Waals surface area contributed by atoms with Crippen molar-refractivity contribution in [2.45, 2.75) is 45.1 Å². The first kappa shape index (κ1) is 13.4. The molecule has 0 aromatic heterocycles. The van der Waals surface area contributed by atoms with Crippen molar-refractivity contribution in [3.05, 3.63) is 29.8 Å². The molecule has 1 aliphatic carbocycles. The maximum atomic E-state index is 5.34. The lowest BCUT2D eigenvalue weighted by Crippen LogP contribution is -2.27. The predicted molar refractivity (Wildman–Crippen MR) is 76.0 cm³/mol. The third-order valence-corrected chi connectivity index (χ3v) is 3.94. The Hall–Kier alpha value is -1.02. The molecule has 0 heterocycles. The van der Waals surface area contributed by atoms with Crippen LogP contribution in [0.1, 0.15) is 50.6 Å². The van der Waals surface area contributed by atoms with E-state index < -0.39 is 0 Å². The zero-order valence-corrected chi connectivity index (χ0v) is 11.6. The molecule has 0 radical (unpaired) electrons. The number of benzene rings is 1. The Kier molecular flexibility index (Phi) is 5.06. The minimum Gasteiger partial charge on any atom is -0.497 e.